The number of aliphatic hydroxyl groups is 1. The predicted molar refractivity (Wildman–Crippen MR) is 81.8 cm³/mol. The highest BCUT2D eigenvalue weighted by molar-refractivity contribution is 9.10. The maximum absolute atomic E-state index is 9.80. The van der Waals surface area contributed by atoms with E-state index >= 15 is 0 Å². The molecule has 1 aliphatic rings. The van der Waals surface area contributed by atoms with Crippen molar-refractivity contribution in [3.63, 3.8) is 0 Å². The smallest absolute Gasteiger partial charge is 0.120 e. The Hall–Kier alpha value is -0.820. The van der Waals surface area contributed by atoms with Gasteiger partial charge >= 0.3 is 0 Å². The van der Waals surface area contributed by atoms with E-state index in [1.54, 1.807) is 13.8 Å². The molecule has 0 amide bonds. The molecule has 0 aliphatic carbocycles. The van der Waals surface area contributed by atoms with Crippen LogP contribution in [0.4, 0.5) is 0 Å². The van der Waals surface area contributed by atoms with Crippen LogP contribution in [0.25, 0.3) is 0 Å². The summed E-state index contributed by atoms with van der Waals surface area (Å²) in [5.41, 5.74) is 0.259. The molecule has 1 saturated heterocycles. The maximum atomic E-state index is 9.80. The number of halogens is 1. The summed E-state index contributed by atoms with van der Waals surface area (Å²) >= 11 is 3.46. The lowest BCUT2D eigenvalue weighted by molar-refractivity contribution is 0.143. The van der Waals surface area contributed by atoms with Crippen molar-refractivity contribution in [2.24, 2.45) is 0 Å². The number of benzene rings is 1. The Labute approximate surface area is 123 Å². The van der Waals surface area contributed by atoms with Crippen LogP contribution >= 0.6 is 15.9 Å². The highest BCUT2D eigenvalue weighted by Crippen LogP contribution is 2.26. The van der Waals surface area contributed by atoms with Gasteiger partial charge in [0, 0.05) is 4.47 Å². The fraction of sp³-hybridized carbons (Fsp3) is 0.500. The predicted octanol–water partition coefficient (Wildman–Crippen LogP) is 3.36. The van der Waals surface area contributed by atoms with Crippen molar-refractivity contribution in [1.82, 2.24) is 4.90 Å². The lowest BCUT2D eigenvalue weighted by Crippen LogP contribution is -2.25. The number of hydrogen-bond donors (Lipinski definition) is 1. The van der Waals surface area contributed by atoms with Gasteiger partial charge in [-0.15, -0.1) is 0 Å². The molecule has 1 aliphatic heterocycles. The Morgan fingerprint density at radius 3 is 2.32 bits per heavy atom. The number of hydrogen-bond acceptors (Lipinski definition) is 2. The topological polar surface area (TPSA) is 23.5 Å². The molecule has 0 saturated carbocycles. The van der Waals surface area contributed by atoms with Crippen LogP contribution in [0, 0.1) is 11.8 Å². The van der Waals surface area contributed by atoms with Gasteiger partial charge < -0.3 is 5.11 Å². The first-order valence-corrected chi connectivity index (χ1v) is 7.49. The SMILES string of the molecule is CC(C)(O)C#C[C@H](c1ccc(Br)cc1)N1CCCC1. The normalized spacial score (nSPS) is 17.9. The minimum atomic E-state index is -0.937. The second kappa shape index (κ2) is 6.09. The number of rotatable bonds is 2. The lowest BCUT2D eigenvalue weighted by atomic mass is 10.0. The van der Waals surface area contributed by atoms with E-state index in [4.69, 9.17) is 0 Å². The van der Waals surface area contributed by atoms with Gasteiger partial charge in [0.1, 0.15) is 5.60 Å². The van der Waals surface area contributed by atoms with Crippen molar-refractivity contribution in [2.45, 2.75) is 38.3 Å². The average molecular weight is 322 g/mol. The van der Waals surface area contributed by atoms with E-state index in [0.717, 1.165) is 17.6 Å². The van der Waals surface area contributed by atoms with E-state index in [2.05, 4.69) is 44.8 Å². The van der Waals surface area contributed by atoms with Gasteiger partial charge in [0.25, 0.3) is 0 Å². The molecular weight excluding hydrogens is 302 g/mol. The number of nitrogens with zero attached hydrogens (tertiary/aromatic N) is 1. The van der Waals surface area contributed by atoms with Crippen molar-refractivity contribution in [3.05, 3.63) is 34.3 Å². The van der Waals surface area contributed by atoms with E-state index in [0.29, 0.717) is 0 Å². The first-order valence-electron chi connectivity index (χ1n) is 6.70. The van der Waals surface area contributed by atoms with Gasteiger partial charge in [-0.1, -0.05) is 39.9 Å². The Balaban J connectivity index is 2.27. The molecule has 19 heavy (non-hydrogen) atoms. The quantitative estimate of drug-likeness (QED) is 0.844. The molecule has 1 N–H and O–H groups in total. The highest BCUT2D eigenvalue weighted by Gasteiger charge is 2.22. The molecule has 3 heteroatoms. The lowest BCUT2D eigenvalue weighted by Gasteiger charge is -2.23. The zero-order valence-corrected chi connectivity index (χ0v) is 13.1. The monoisotopic (exact) mass is 321 g/mol. The van der Waals surface area contributed by atoms with Gasteiger partial charge in [0.05, 0.1) is 6.04 Å². The van der Waals surface area contributed by atoms with Gasteiger partial charge in [-0.05, 0) is 57.5 Å². The molecule has 0 bridgehead atoms. The second-order valence-electron chi connectivity index (χ2n) is 5.53. The summed E-state index contributed by atoms with van der Waals surface area (Å²) in [6.45, 7) is 5.62. The Kier molecular flexibility index (Phi) is 4.67. The Morgan fingerprint density at radius 2 is 1.79 bits per heavy atom. The van der Waals surface area contributed by atoms with Crippen molar-refractivity contribution < 1.29 is 5.11 Å². The van der Waals surface area contributed by atoms with Crippen LogP contribution in [0.5, 0.6) is 0 Å². The standard InChI is InChI=1S/C16H20BrNO/c1-16(2,19)10-9-15(18-11-3-4-12-18)13-5-7-14(17)8-6-13/h5-8,15,19H,3-4,11-12H2,1-2H3/t15-/m1/s1. The molecule has 0 radical (unpaired) electrons. The molecule has 1 aromatic carbocycles. The third-order valence-corrected chi connectivity index (χ3v) is 3.74. The second-order valence-corrected chi connectivity index (χ2v) is 6.44. The van der Waals surface area contributed by atoms with Crippen LogP contribution in [0.1, 0.15) is 38.3 Å². The molecule has 1 fully saturated rings. The summed E-state index contributed by atoms with van der Waals surface area (Å²) in [5, 5.41) is 9.80. The molecule has 0 unspecified atom stereocenters. The van der Waals surface area contributed by atoms with Gasteiger partial charge in [-0.2, -0.15) is 0 Å². The van der Waals surface area contributed by atoms with Gasteiger partial charge in [0.2, 0.25) is 0 Å². The van der Waals surface area contributed by atoms with Crippen molar-refractivity contribution >= 4 is 15.9 Å². The van der Waals surface area contributed by atoms with Crippen LogP contribution in [-0.4, -0.2) is 28.7 Å². The van der Waals surface area contributed by atoms with Crippen LogP contribution in [-0.2, 0) is 0 Å². The molecule has 102 valence electrons. The third kappa shape index (κ3) is 4.35. The number of likely N-dealkylation sites (tertiary alicyclic amines) is 1. The Morgan fingerprint density at radius 1 is 1.21 bits per heavy atom. The van der Waals surface area contributed by atoms with E-state index < -0.39 is 5.60 Å². The Bertz CT molecular complexity index is 472. The summed E-state index contributed by atoms with van der Waals surface area (Å²) in [6.07, 6.45) is 2.47. The first-order chi connectivity index (χ1) is 8.96. The summed E-state index contributed by atoms with van der Waals surface area (Å²) in [6, 6.07) is 8.38. The van der Waals surface area contributed by atoms with Gasteiger partial charge in [-0.3, -0.25) is 4.90 Å². The average Bonchev–Trinajstić information content (AvgIpc) is 2.84. The van der Waals surface area contributed by atoms with Crippen molar-refractivity contribution in [1.29, 1.82) is 0 Å². The highest BCUT2D eigenvalue weighted by atomic mass is 79.9. The van der Waals surface area contributed by atoms with E-state index in [1.807, 2.05) is 12.1 Å². The molecule has 2 rings (SSSR count). The zero-order chi connectivity index (χ0) is 13.9. The van der Waals surface area contributed by atoms with Crippen LogP contribution in [0.15, 0.2) is 28.7 Å². The summed E-state index contributed by atoms with van der Waals surface area (Å²) < 4.78 is 1.08. The minimum Gasteiger partial charge on any atom is -0.378 e. The van der Waals surface area contributed by atoms with Gasteiger partial charge in [-0.25, -0.2) is 0 Å². The van der Waals surface area contributed by atoms with E-state index in [-0.39, 0.29) is 6.04 Å². The van der Waals surface area contributed by atoms with E-state index in [1.165, 1.54) is 18.4 Å². The van der Waals surface area contributed by atoms with Gasteiger partial charge in [0.15, 0.2) is 0 Å². The summed E-state index contributed by atoms with van der Waals surface area (Å²) in [5.74, 6) is 6.21. The minimum absolute atomic E-state index is 0.0852. The fourth-order valence-corrected chi connectivity index (χ4v) is 2.54. The summed E-state index contributed by atoms with van der Waals surface area (Å²) in [7, 11) is 0. The zero-order valence-electron chi connectivity index (χ0n) is 11.5. The van der Waals surface area contributed by atoms with Crippen LogP contribution in [0.3, 0.4) is 0 Å². The first kappa shape index (κ1) is 14.6. The molecule has 2 nitrogen and oxygen atoms in total. The third-order valence-electron chi connectivity index (χ3n) is 3.21. The largest absolute Gasteiger partial charge is 0.378 e. The van der Waals surface area contributed by atoms with Crippen molar-refractivity contribution in [2.75, 3.05) is 13.1 Å². The molecule has 1 heterocycles. The molecule has 0 spiro atoms. The molecular formula is C16H20BrNO. The van der Waals surface area contributed by atoms with E-state index in [9.17, 15) is 5.11 Å². The summed E-state index contributed by atoms with van der Waals surface area (Å²) in [4.78, 5) is 2.39. The van der Waals surface area contributed by atoms with Crippen molar-refractivity contribution in [3.8, 4) is 11.8 Å². The fourth-order valence-electron chi connectivity index (χ4n) is 2.28. The molecule has 1 atom stereocenters. The van der Waals surface area contributed by atoms with Crippen LogP contribution < -0.4 is 0 Å². The molecule has 0 aromatic heterocycles. The molecule has 1 aromatic rings. The maximum Gasteiger partial charge on any atom is 0.120 e. The van der Waals surface area contributed by atoms with Crippen LogP contribution in [0.2, 0.25) is 0 Å².